The maximum atomic E-state index is 13.1. The van der Waals surface area contributed by atoms with Gasteiger partial charge in [0.1, 0.15) is 5.58 Å². The Balaban J connectivity index is 1.26. The van der Waals surface area contributed by atoms with Crippen LogP contribution < -0.4 is 0 Å². The highest BCUT2D eigenvalue weighted by atomic mass is 16.3. The van der Waals surface area contributed by atoms with E-state index in [2.05, 4.69) is 12.1 Å². The first-order chi connectivity index (χ1) is 15.0. The summed E-state index contributed by atoms with van der Waals surface area (Å²) in [6.07, 6.45) is 4.76. The lowest BCUT2D eigenvalue weighted by Crippen LogP contribution is -2.35. The van der Waals surface area contributed by atoms with E-state index >= 15 is 0 Å². The van der Waals surface area contributed by atoms with Gasteiger partial charge in [0, 0.05) is 43.5 Å². The van der Waals surface area contributed by atoms with Gasteiger partial charge in [-0.1, -0.05) is 18.2 Å². The summed E-state index contributed by atoms with van der Waals surface area (Å²) in [4.78, 5) is 29.2. The average molecular weight is 417 g/mol. The molecule has 160 valence electrons. The van der Waals surface area contributed by atoms with E-state index in [0.29, 0.717) is 18.4 Å². The third kappa shape index (κ3) is 3.97. The molecule has 2 aromatic carbocycles. The number of amides is 2. The van der Waals surface area contributed by atoms with Gasteiger partial charge >= 0.3 is 0 Å². The third-order valence-corrected chi connectivity index (χ3v) is 6.65. The molecule has 5 nitrogen and oxygen atoms in total. The fraction of sp³-hybridized carbons (Fsp3) is 0.385. The highest BCUT2D eigenvalue weighted by molar-refractivity contribution is 5.96. The zero-order chi connectivity index (χ0) is 21.5. The summed E-state index contributed by atoms with van der Waals surface area (Å²) in [5, 5.41) is 1.07. The van der Waals surface area contributed by atoms with Gasteiger partial charge in [-0.25, -0.2) is 0 Å². The molecule has 0 spiro atoms. The lowest BCUT2D eigenvalue weighted by Gasteiger charge is -2.23. The Labute approximate surface area is 182 Å². The smallest absolute Gasteiger partial charge is 0.253 e. The lowest BCUT2D eigenvalue weighted by atomic mass is 9.98. The Kier molecular flexibility index (Phi) is 5.05. The van der Waals surface area contributed by atoms with Crippen molar-refractivity contribution in [2.45, 2.75) is 26.2 Å². The van der Waals surface area contributed by atoms with Crippen LogP contribution in [0.1, 0.15) is 35.2 Å². The number of likely N-dealkylation sites (tertiary alicyclic amines) is 1. The van der Waals surface area contributed by atoms with Gasteiger partial charge in [-0.3, -0.25) is 9.59 Å². The van der Waals surface area contributed by atoms with E-state index in [4.69, 9.17) is 4.42 Å². The number of fused-ring (bicyclic) bond motifs is 1. The van der Waals surface area contributed by atoms with Crippen molar-refractivity contribution in [3.8, 4) is 11.1 Å². The van der Waals surface area contributed by atoms with Gasteiger partial charge in [-0.2, -0.15) is 0 Å². The number of aryl methyl sites for hydroxylation is 1. The molecule has 0 unspecified atom stereocenters. The molecule has 1 aliphatic carbocycles. The molecule has 0 radical (unpaired) electrons. The Morgan fingerprint density at radius 2 is 1.84 bits per heavy atom. The molecule has 0 N–H and O–H groups in total. The van der Waals surface area contributed by atoms with Crippen molar-refractivity contribution in [3.05, 3.63) is 59.9 Å². The molecule has 1 saturated carbocycles. The van der Waals surface area contributed by atoms with Crippen LogP contribution in [-0.4, -0.2) is 48.3 Å². The molecule has 3 aromatic rings. The topological polar surface area (TPSA) is 53.8 Å². The summed E-state index contributed by atoms with van der Waals surface area (Å²) in [7, 11) is 1.87. The summed E-state index contributed by atoms with van der Waals surface area (Å²) < 4.78 is 5.43. The van der Waals surface area contributed by atoms with Crippen LogP contribution in [0.2, 0.25) is 0 Å². The van der Waals surface area contributed by atoms with E-state index in [0.717, 1.165) is 65.6 Å². The van der Waals surface area contributed by atoms with E-state index < -0.39 is 0 Å². The number of nitrogens with zero attached hydrogens (tertiary/aromatic N) is 2. The third-order valence-electron chi connectivity index (χ3n) is 6.65. The SMILES string of the molecule is Cc1cc(-c2ccc3occc3c2)ccc1C(=O)N(C)C[C@@H]1CCN(C(=O)C2CC2)C1. The van der Waals surface area contributed by atoms with Crippen molar-refractivity contribution in [1.29, 1.82) is 0 Å². The largest absolute Gasteiger partial charge is 0.464 e. The maximum Gasteiger partial charge on any atom is 0.253 e. The summed E-state index contributed by atoms with van der Waals surface area (Å²) in [6, 6.07) is 14.1. The van der Waals surface area contributed by atoms with E-state index in [1.54, 1.807) is 6.26 Å². The summed E-state index contributed by atoms with van der Waals surface area (Å²) in [5.74, 6) is 0.990. The van der Waals surface area contributed by atoms with Crippen molar-refractivity contribution in [1.82, 2.24) is 9.80 Å². The molecule has 2 aliphatic rings. The predicted octanol–water partition coefficient (Wildman–Crippen LogP) is 4.74. The molecule has 1 saturated heterocycles. The fourth-order valence-electron chi connectivity index (χ4n) is 4.68. The quantitative estimate of drug-likeness (QED) is 0.604. The molecule has 2 amide bonds. The summed E-state index contributed by atoms with van der Waals surface area (Å²) in [5.41, 5.74) is 4.77. The van der Waals surface area contributed by atoms with Gasteiger partial charge in [0.2, 0.25) is 5.91 Å². The van der Waals surface area contributed by atoms with Crippen molar-refractivity contribution in [2.24, 2.45) is 11.8 Å². The van der Waals surface area contributed by atoms with Crippen LogP contribution >= 0.6 is 0 Å². The first-order valence-electron chi connectivity index (χ1n) is 11.1. The van der Waals surface area contributed by atoms with Crippen LogP contribution in [-0.2, 0) is 4.79 Å². The maximum absolute atomic E-state index is 13.1. The van der Waals surface area contributed by atoms with Gasteiger partial charge in [0.15, 0.2) is 0 Å². The Bertz CT molecular complexity index is 1140. The van der Waals surface area contributed by atoms with Crippen molar-refractivity contribution >= 4 is 22.8 Å². The number of hydrogen-bond donors (Lipinski definition) is 0. The minimum atomic E-state index is 0.0429. The minimum absolute atomic E-state index is 0.0429. The molecule has 2 heterocycles. The number of furan rings is 1. The second-order valence-corrected chi connectivity index (χ2v) is 9.10. The zero-order valence-corrected chi connectivity index (χ0v) is 18.1. The molecule has 0 bridgehead atoms. The van der Waals surface area contributed by atoms with Crippen LogP contribution in [0.5, 0.6) is 0 Å². The second kappa shape index (κ2) is 7.88. The van der Waals surface area contributed by atoms with E-state index in [-0.39, 0.29) is 11.8 Å². The Hall–Kier alpha value is -3.08. The Morgan fingerprint density at radius 3 is 2.61 bits per heavy atom. The molecule has 2 fully saturated rings. The molecule has 1 aliphatic heterocycles. The number of carbonyl (C=O) groups excluding carboxylic acids is 2. The lowest BCUT2D eigenvalue weighted by molar-refractivity contribution is -0.131. The van der Waals surface area contributed by atoms with Crippen molar-refractivity contribution in [3.63, 3.8) is 0 Å². The summed E-state index contributed by atoms with van der Waals surface area (Å²) in [6.45, 7) is 4.29. The van der Waals surface area contributed by atoms with Gasteiger partial charge in [0.05, 0.1) is 6.26 Å². The first-order valence-corrected chi connectivity index (χ1v) is 11.1. The van der Waals surface area contributed by atoms with Crippen LogP contribution in [0.25, 0.3) is 22.1 Å². The monoisotopic (exact) mass is 416 g/mol. The predicted molar refractivity (Wildman–Crippen MR) is 121 cm³/mol. The van der Waals surface area contributed by atoms with E-state index in [1.165, 1.54) is 0 Å². The van der Waals surface area contributed by atoms with Crippen molar-refractivity contribution < 1.29 is 14.0 Å². The molecule has 31 heavy (non-hydrogen) atoms. The highest BCUT2D eigenvalue weighted by Crippen LogP contribution is 2.33. The van der Waals surface area contributed by atoms with Gasteiger partial charge < -0.3 is 14.2 Å². The number of carbonyl (C=O) groups is 2. The highest BCUT2D eigenvalue weighted by Gasteiger charge is 2.37. The van der Waals surface area contributed by atoms with Crippen LogP contribution in [0.15, 0.2) is 53.1 Å². The molecule has 5 rings (SSSR count). The minimum Gasteiger partial charge on any atom is -0.464 e. The first kappa shape index (κ1) is 19.9. The normalized spacial score (nSPS) is 18.5. The number of rotatable bonds is 5. The molecular formula is C26H28N2O3. The van der Waals surface area contributed by atoms with E-state index in [1.807, 2.05) is 54.1 Å². The second-order valence-electron chi connectivity index (χ2n) is 9.10. The average Bonchev–Trinajstić information content (AvgIpc) is 3.33. The van der Waals surface area contributed by atoms with Crippen molar-refractivity contribution in [2.75, 3.05) is 26.7 Å². The fourth-order valence-corrected chi connectivity index (χ4v) is 4.68. The van der Waals surface area contributed by atoms with Crippen LogP contribution in [0, 0.1) is 18.8 Å². The van der Waals surface area contributed by atoms with Gasteiger partial charge in [0.25, 0.3) is 5.91 Å². The van der Waals surface area contributed by atoms with Gasteiger partial charge in [-0.15, -0.1) is 0 Å². The van der Waals surface area contributed by atoms with Crippen LogP contribution in [0.4, 0.5) is 0 Å². The standard InChI is InChI=1S/C26H28N2O3/c1-17-13-20(21-6-8-24-22(14-21)10-12-31-24)5-7-23(17)26(30)27(2)15-18-9-11-28(16-18)25(29)19-3-4-19/h5-8,10,12-14,18-19H,3-4,9,11,15-16H2,1-2H3/t18-/m0/s1. The summed E-state index contributed by atoms with van der Waals surface area (Å²) >= 11 is 0. The number of hydrogen-bond acceptors (Lipinski definition) is 3. The molecule has 1 atom stereocenters. The number of benzene rings is 2. The Morgan fingerprint density at radius 1 is 1.06 bits per heavy atom. The molecule has 1 aromatic heterocycles. The van der Waals surface area contributed by atoms with Crippen LogP contribution in [0.3, 0.4) is 0 Å². The van der Waals surface area contributed by atoms with E-state index in [9.17, 15) is 9.59 Å². The molecular weight excluding hydrogens is 388 g/mol. The molecule has 5 heteroatoms. The van der Waals surface area contributed by atoms with Gasteiger partial charge in [-0.05, 0) is 73.1 Å². The zero-order valence-electron chi connectivity index (χ0n) is 18.1.